The van der Waals surface area contributed by atoms with Crippen molar-refractivity contribution in [2.24, 2.45) is 0 Å². The van der Waals surface area contributed by atoms with Crippen LogP contribution in [0, 0.1) is 0 Å². The van der Waals surface area contributed by atoms with Crippen molar-refractivity contribution in [2.75, 3.05) is 32.0 Å². The third kappa shape index (κ3) is 10.4. The Morgan fingerprint density at radius 1 is 0.667 bits per heavy atom. The molecular formula is C16H35BrN+. The molecule has 18 heavy (non-hydrogen) atoms. The number of quaternary nitrogens is 1. The van der Waals surface area contributed by atoms with E-state index >= 15 is 0 Å². The van der Waals surface area contributed by atoms with E-state index in [1.54, 1.807) is 0 Å². The smallest absolute Gasteiger partial charge is 0.0792 e. The zero-order valence-electron chi connectivity index (χ0n) is 13.0. The predicted octanol–water partition coefficient (Wildman–Crippen LogP) is 5.38. The molecule has 0 aliphatic heterocycles. The molecule has 0 amide bonds. The van der Waals surface area contributed by atoms with Crippen LogP contribution in [0.3, 0.4) is 0 Å². The molecule has 1 nitrogen and oxygen atoms in total. The van der Waals surface area contributed by atoms with Crippen LogP contribution in [0.25, 0.3) is 0 Å². The van der Waals surface area contributed by atoms with Gasteiger partial charge in [0.15, 0.2) is 0 Å². The molecule has 0 N–H and O–H groups in total. The Hall–Kier alpha value is 0.440. The second-order valence-electron chi connectivity index (χ2n) is 5.95. The third-order valence-electron chi connectivity index (χ3n) is 3.93. The van der Waals surface area contributed by atoms with Gasteiger partial charge in [0, 0.05) is 11.8 Å². The molecule has 1 unspecified atom stereocenters. The van der Waals surface area contributed by atoms with E-state index in [-0.39, 0.29) is 0 Å². The van der Waals surface area contributed by atoms with Gasteiger partial charge >= 0.3 is 0 Å². The second kappa shape index (κ2) is 12.5. The van der Waals surface area contributed by atoms with Gasteiger partial charge in [-0.05, 0) is 25.7 Å². The largest absolute Gasteiger partial charge is 0.326 e. The van der Waals surface area contributed by atoms with Gasteiger partial charge in [0.2, 0.25) is 0 Å². The Morgan fingerprint density at radius 3 is 1.67 bits per heavy atom. The molecule has 0 spiro atoms. The standard InChI is InChI=1S/C16H35BrN/c1-4-6-8-9-11-15-18(3,16-12-13-17)14-10-7-5-2/h4-16H2,1-3H3/q+1. The molecule has 0 rings (SSSR count). The Kier molecular flexibility index (Phi) is 12.8. The monoisotopic (exact) mass is 320 g/mol. The van der Waals surface area contributed by atoms with Gasteiger partial charge in [-0.15, -0.1) is 0 Å². The first-order valence-corrected chi connectivity index (χ1v) is 9.20. The maximum absolute atomic E-state index is 3.58. The Morgan fingerprint density at radius 2 is 1.11 bits per heavy atom. The van der Waals surface area contributed by atoms with Crippen LogP contribution in [-0.2, 0) is 0 Å². The lowest BCUT2D eigenvalue weighted by atomic mass is 10.1. The Balaban J connectivity index is 3.87. The van der Waals surface area contributed by atoms with Gasteiger partial charge in [0.05, 0.1) is 26.7 Å². The van der Waals surface area contributed by atoms with E-state index in [9.17, 15) is 0 Å². The molecule has 0 saturated carbocycles. The number of halogens is 1. The maximum atomic E-state index is 3.58. The van der Waals surface area contributed by atoms with Crippen molar-refractivity contribution in [1.82, 2.24) is 0 Å². The number of nitrogens with zero attached hydrogens (tertiary/aromatic N) is 1. The molecule has 0 aromatic rings. The first kappa shape index (κ1) is 18.4. The van der Waals surface area contributed by atoms with E-state index in [1.807, 2.05) is 0 Å². The molecule has 0 bridgehead atoms. The fourth-order valence-corrected chi connectivity index (χ4v) is 2.87. The van der Waals surface area contributed by atoms with Gasteiger partial charge in [0.1, 0.15) is 0 Å². The van der Waals surface area contributed by atoms with Crippen molar-refractivity contribution in [1.29, 1.82) is 0 Å². The lowest BCUT2D eigenvalue weighted by molar-refractivity contribution is -0.910. The first-order chi connectivity index (χ1) is 8.68. The predicted molar refractivity (Wildman–Crippen MR) is 87.5 cm³/mol. The number of hydrogen-bond donors (Lipinski definition) is 0. The van der Waals surface area contributed by atoms with Gasteiger partial charge in [-0.25, -0.2) is 0 Å². The van der Waals surface area contributed by atoms with Crippen molar-refractivity contribution in [3.63, 3.8) is 0 Å². The first-order valence-electron chi connectivity index (χ1n) is 8.08. The van der Waals surface area contributed by atoms with Crippen LogP contribution < -0.4 is 0 Å². The third-order valence-corrected chi connectivity index (χ3v) is 4.50. The summed E-state index contributed by atoms with van der Waals surface area (Å²) in [6.07, 6.45) is 12.5. The van der Waals surface area contributed by atoms with Crippen molar-refractivity contribution >= 4 is 15.9 Å². The van der Waals surface area contributed by atoms with Gasteiger partial charge < -0.3 is 4.48 Å². The van der Waals surface area contributed by atoms with Crippen LogP contribution in [0.4, 0.5) is 0 Å². The molecule has 0 aromatic heterocycles. The van der Waals surface area contributed by atoms with E-state index < -0.39 is 0 Å². The maximum Gasteiger partial charge on any atom is 0.0792 e. The molecule has 110 valence electrons. The molecule has 2 heteroatoms. The summed E-state index contributed by atoms with van der Waals surface area (Å²) in [5.41, 5.74) is 0. The van der Waals surface area contributed by atoms with Crippen molar-refractivity contribution in [3.05, 3.63) is 0 Å². The Labute approximate surface area is 124 Å². The lowest BCUT2D eigenvalue weighted by Gasteiger charge is -2.35. The molecule has 0 aliphatic carbocycles. The fourth-order valence-electron chi connectivity index (χ4n) is 2.62. The molecule has 0 radical (unpaired) electrons. The van der Waals surface area contributed by atoms with Gasteiger partial charge in [-0.2, -0.15) is 0 Å². The van der Waals surface area contributed by atoms with Crippen molar-refractivity contribution in [2.45, 2.75) is 71.6 Å². The van der Waals surface area contributed by atoms with Gasteiger partial charge in [0.25, 0.3) is 0 Å². The van der Waals surface area contributed by atoms with Crippen LogP contribution in [0.2, 0.25) is 0 Å². The minimum atomic E-state index is 1.16. The highest BCUT2D eigenvalue weighted by Crippen LogP contribution is 2.13. The number of rotatable bonds is 13. The summed E-state index contributed by atoms with van der Waals surface area (Å²) < 4.78 is 1.30. The zero-order chi connectivity index (χ0) is 13.7. The average molecular weight is 321 g/mol. The topological polar surface area (TPSA) is 0 Å². The summed E-state index contributed by atoms with van der Waals surface area (Å²) in [6, 6.07) is 0. The van der Waals surface area contributed by atoms with Crippen LogP contribution in [0.15, 0.2) is 0 Å². The van der Waals surface area contributed by atoms with Gasteiger partial charge in [-0.1, -0.05) is 55.5 Å². The highest BCUT2D eigenvalue weighted by molar-refractivity contribution is 9.09. The number of alkyl halides is 1. The SMILES string of the molecule is CCCCCCC[N+](C)(CCCBr)CCCCC. The van der Waals surface area contributed by atoms with Crippen LogP contribution >= 0.6 is 15.9 Å². The van der Waals surface area contributed by atoms with Crippen LogP contribution in [0.5, 0.6) is 0 Å². The fraction of sp³-hybridized carbons (Fsp3) is 1.00. The number of hydrogen-bond acceptors (Lipinski definition) is 0. The van der Waals surface area contributed by atoms with E-state index in [2.05, 4.69) is 36.8 Å². The summed E-state index contributed by atoms with van der Waals surface area (Å²) >= 11 is 3.58. The molecule has 1 atom stereocenters. The summed E-state index contributed by atoms with van der Waals surface area (Å²) in [6.45, 7) is 8.71. The summed E-state index contributed by atoms with van der Waals surface area (Å²) in [4.78, 5) is 0. The van der Waals surface area contributed by atoms with E-state index in [0.29, 0.717) is 0 Å². The van der Waals surface area contributed by atoms with Crippen molar-refractivity contribution < 1.29 is 4.48 Å². The summed E-state index contributed by atoms with van der Waals surface area (Å²) in [5.74, 6) is 0. The zero-order valence-corrected chi connectivity index (χ0v) is 14.6. The molecule has 0 saturated heterocycles. The lowest BCUT2D eigenvalue weighted by Crippen LogP contribution is -2.46. The summed E-state index contributed by atoms with van der Waals surface area (Å²) in [5, 5.41) is 1.16. The van der Waals surface area contributed by atoms with Crippen LogP contribution in [0.1, 0.15) is 71.6 Å². The summed E-state index contributed by atoms with van der Waals surface area (Å²) in [7, 11) is 2.47. The quantitative estimate of drug-likeness (QED) is 0.243. The van der Waals surface area contributed by atoms with E-state index in [4.69, 9.17) is 0 Å². The van der Waals surface area contributed by atoms with E-state index in [1.165, 1.54) is 81.9 Å². The minimum Gasteiger partial charge on any atom is -0.326 e. The highest BCUT2D eigenvalue weighted by Gasteiger charge is 2.19. The Bertz CT molecular complexity index is 172. The minimum absolute atomic E-state index is 1.16. The molecule has 0 heterocycles. The normalized spacial score (nSPS) is 14.7. The molecule has 0 aromatic carbocycles. The van der Waals surface area contributed by atoms with Gasteiger partial charge in [-0.3, -0.25) is 0 Å². The van der Waals surface area contributed by atoms with Crippen LogP contribution in [-0.4, -0.2) is 36.5 Å². The molecule has 0 aliphatic rings. The number of unbranched alkanes of at least 4 members (excludes halogenated alkanes) is 6. The van der Waals surface area contributed by atoms with E-state index in [0.717, 1.165) is 5.33 Å². The molecular weight excluding hydrogens is 286 g/mol. The average Bonchev–Trinajstić information content (AvgIpc) is 2.37. The highest BCUT2D eigenvalue weighted by atomic mass is 79.9. The second-order valence-corrected chi connectivity index (χ2v) is 6.75. The molecule has 0 fully saturated rings. The van der Waals surface area contributed by atoms with Crippen molar-refractivity contribution in [3.8, 4) is 0 Å².